The molecule has 0 radical (unpaired) electrons. The van der Waals surface area contributed by atoms with Crippen LogP contribution in [-0.4, -0.2) is 66.6 Å². The van der Waals surface area contributed by atoms with Gasteiger partial charge in [-0.1, -0.05) is 35.6 Å². The lowest BCUT2D eigenvalue weighted by Gasteiger charge is -2.44. The zero-order valence-electron chi connectivity index (χ0n) is 19.6. The number of phenolic OH excluding ortho intramolecular Hbond substituents is 1. The minimum Gasteiger partial charge on any atom is -0.759 e. The van der Waals surface area contributed by atoms with E-state index in [0.29, 0.717) is 31.2 Å². The van der Waals surface area contributed by atoms with E-state index in [4.69, 9.17) is 16.7 Å². The second kappa shape index (κ2) is 11.3. The number of hydrazine groups is 1. The summed E-state index contributed by atoms with van der Waals surface area (Å²) in [5, 5.41) is 22.4. The first-order valence-corrected chi connectivity index (χ1v) is 12.8. The van der Waals surface area contributed by atoms with Crippen molar-refractivity contribution < 1.29 is 23.8 Å². The van der Waals surface area contributed by atoms with Gasteiger partial charge in [-0.05, 0) is 54.8 Å². The average molecular weight is 527 g/mol. The van der Waals surface area contributed by atoms with E-state index in [-0.39, 0.29) is 12.2 Å². The molecular weight excluding hydrogens is 502 g/mol. The summed E-state index contributed by atoms with van der Waals surface area (Å²) in [6, 6.07) is 16.2. The SMILES string of the molecule is CC(CC(=O)O)N(N1CCN(c2ccc(C#Cc3ccc4c(Cl)c(O)ccc4c3)cc2)CC1)S(=O)[O-]. The first-order valence-electron chi connectivity index (χ1n) is 11.4. The van der Waals surface area contributed by atoms with Crippen LogP contribution in [0.4, 0.5) is 5.69 Å². The van der Waals surface area contributed by atoms with Crippen LogP contribution in [0.5, 0.6) is 5.75 Å². The highest BCUT2D eigenvalue weighted by Gasteiger charge is 2.27. The maximum absolute atomic E-state index is 11.7. The number of benzene rings is 3. The van der Waals surface area contributed by atoms with Gasteiger partial charge in [0, 0.05) is 65.7 Å². The Hall–Kier alpha value is -3.13. The van der Waals surface area contributed by atoms with E-state index in [1.54, 1.807) is 24.1 Å². The fourth-order valence-corrected chi connectivity index (χ4v) is 5.22. The van der Waals surface area contributed by atoms with Crippen LogP contribution in [0, 0.1) is 11.8 Å². The quantitative estimate of drug-likeness (QED) is 0.373. The predicted octanol–water partition coefficient (Wildman–Crippen LogP) is 3.59. The Morgan fingerprint density at radius 1 is 1.08 bits per heavy atom. The van der Waals surface area contributed by atoms with E-state index in [9.17, 15) is 18.7 Å². The number of nitrogens with zero attached hydrogens (tertiary/aromatic N) is 3. The summed E-state index contributed by atoms with van der Waals surface area (Å²) in [5.41, 5.74) is 2.70. The third-order valence-corrected chi connectivity index (χ3v) is 7.35. The smallest absolute Gasteiger partial charge is 0.305 e. The van der Waals surface area contributed by atoms with E-state index < -0.39 is 23.3 Å². The number of carboxylic acids is 1. The largest absolute Gasteiger partial charge is 0.759 e. The van der Waals surface area contributed by atoms with Crippen molar-refractivity contribution in [3.8, 4) is 17.6 Å². The van der Waals surface area contributed by atoms with Crippen LogP contribution >= 0.6 is 11.6 Å². The molecule has 0 saturated carbocycles. The second-order valence-corrected chi connectivity index (χ2v) is 9.73. The van der Waals surface area contributed by atoms with E-state index in [0.717, 1.165) is 32.0 Å². The van der Waals surface area contributed by atoms with Crippen molar-refractivity contribution in [3.05, 3.63) is 70.7 Å². The van der Waals surface area contributed by atoms with Crippen LogP contribution in [0.3, 0.4) is 0 Å². The number of anilines is 1. The van der Waals surface area contributed by atoms with E-state index >= 15 is 0 Å². The number of piperazine rings is 1. The molecule has 1 fully saturated rings. The molecule has 3 aromatic carbocycles. The number of halogens is 1. The summed E-state index contributed by atoms with van der Waals surface area (Å²) < 4.78 is 24.6. The van der Waals surface area contributed by atoms with Gasteiger partial charge in [0.15, 0.2) is 0 Å². The summed E-state index contributed by atoms with van der Waals surface area (Å²) in [6.07, 6.45) is -0.257. The number of hydrogen-bond donors (Lipinski definition) is 2. The van der Waals surface area contributed by atoms with Gasteiger partial charge in [-0.3, -0.25) is 9.00 Å². The number of fused-ring (bicyclic) bond motifs is 1. The van der Waals surface area contributed by atoms with Gasteiger partial charge in [0.1, 0.15) is 5.75 Å². The monoisotopic (exact) mass is 526 g/mol. The molecule has 2 N–H and O–H groups in total. The molecule has 2 atom stereocenters. The number of aromatic hydroxyl groups is 1. The normalized spacial score (nSPS) is 15.9. The van der Waals surface area contributed by atoms with E-state index in [1.165, 1.54) is 0 Å². The lowest BCUT2D eigenvalue weighted by atomic mass is 10.1. The molecule has 3 aromatic rings. The Morgan fingerprint density at radius 2 is 1.72 bits per heavy atom. The van der Waals surface area contributed by atoms with Crippen molar-refractivity contribution >= 4 is 45.3 Å². The number of carbonyl (C=O) groups is 1. The van der Waals surface area contributed by atoms with Gasteiger partial charge in [-0.2, -0.15) is 4.41 Å². The van der Waals surface area contributed by atoms with Gasteiger partial charge in [0.05, 0.1) is 11.4 Å². The number of hydrogen-bond acceptors (Lipinski definition) is 6. The van der Waals surface area contributed by atoms with Gasteiger partial charge in [0.2, 0.25) is 0 Å². The minimum absolute atomic E-state index is 0.0509. The van der Waals surface area contributed by atoms with Crippen LogP contribution < -0.4 is 4.90 Å². The summed E-state index contributed by atoms with van der Waals surface area (Å²) in [7, 11) is 0. The van der Waals surface area contributed by atoms with Crippen LogP contribution in [0.2, 0.25) is 5.02 Å². The predicted molar refractivity (Wildman–Crippen MR) is 139 cm³/mol. The van der Waals surface area contributed by atoms with Crippen LogP contribution in [0.25, 0.3) is 10.8 Å². The van der Waals surface area contributed by atoms with Crippen LogP contribution in [0.15, 0.2) is 54.6 Å². The first-order chi connectivity index (χ1) is 17.2. The molecule has 188 valence electrons. The Morgan fingerprint density at radius 3 is 2.36 bits per heavy atom. The Bertz CT molecular complexity index is 1350. The van der Waals surface area contributed by atoms with Gasteiger partial charge < -0.3 is 19.7 Å². The number of rotatable bonds is 6. The topological polar surface area (TPSA) is 107 Å². The van der Waals surface area contributed by atoms with Gasteiger partial charge >= 0.3 is 5.97 Å². The molecule has 36 heavy (non-hydrogen) atoms. The van der Waals surface area contributed by atoms with Crippen molar-refractivity contribution in [1.29, 1.82) is 0 Å². The molecule has 4 rings (SSSR count). The molecule has 0 amide bonds. The van der Waals surface area contributed by atoms with Crippen molar-refractivity contribution in [3.63, 3.8) is 0 Å². The average Bonchev–Trinajstić information content (AvgIpc) is 2.85. The molecule has 1 aliphatic heterocycles. The lowest BCUT2D eigenvalue weighted by Crippen LogP contribution is -2.57. The zero-order chi connectivity index (χ0) is 25.8. The van der Waals surface area contributed by atoms with Crippen molar-refractivity contribution in [1.82, 2.24) is 9.42 Å². The number of aliphatic carboxylic acids is 1. The van der Waals surface area contributed by atoms with Crippen LogP contribution in [-0.2, 0) is 16.1 Å². The highest BCUT2D eigenvalue weighted by Crippen LogP contribution is 2.32. The van der Waals surface area contributed by atoms with Crippen LogP contribution in [0.1, 0.15) is 24.5 Å². The van der Waals surface area contributed by atoms with Gasteiger partial charge in [0.25, 0.3) is 0 Å². The molecule has 0 aromatic heterocycles. The maximum Gasteiger partial charge on any atom is 0.305 e. The second-order valence-electron chi connectivity index (χ2n) is 8.54. The molecule has 10 heteroatoms. The third kappa shape index (κ3) is 5.98. The summed E-state index contributed by atoms with van der Waals surface area (Å²) >= 11 is 3.61. The molecule has 2 unspecified atom stereocenters. The van der Waals surface area contributed by atoms with Gasteiger partial charge in [-0.25, -0.2) is 5.01 Å². The molecule has 0 bridgehead atoms. The first kappa shape index (κ1) is 25.9. The summed E-state index contributed by atoms with van der Waals surface area (Å²) in [4.78, 5) is 13.2. The molecule has 1 heterocycles. The summed E-state index contributed by atoms with van der Waals surface area (Å²) in [6.45, 7) is 3.72. The number of phenols is 1. The molecule has 8 nitrogen and oxygen atoms in total. The summed E-state index contributed by atoms with van der Waals surface area (Å²) in [5.74, 6) is 5.33. The Labute approximate surface area is 217 Å². The van der Waals surface area contributed by atoms with Gasteiger partial charge in [-0.15, -0.1) is 0 Å². The molecule has 1 saturated heterocycles. The maximum atomic E-state index is 11.7. The molecule has 0 aliphatic carbocycles. The standard InChI is InChI=1S/C26H26ClN3O5S/c1-18(16-25(32)33)30(36(34)35)29-14-12-28(13-15-29)22-8-4-19(5-9-22)2-3-20-6-10-23-21(17-20)7-11-24(31)26(23)27/h4-11,17-18,31H,12-16H2,1H3,(H,32,33)(H,34,35)/p-1. The Kier molecular flexibility index (Phi) is 8.14. The number of carboxylic acid groups (broad SMARTS) is 1. The van der Waals surface area contributed by atoms with Crippen molar-refractivity contribution in [2.24, 2.45) is 0 Å². The fourth-order valence-electron chi connectivity index (χ4n) is 4.26. The van der Waals surface area contributed by atoms with E-state index in [1.807, 2.05) is 42.5 Å². The zero-order valence-corrected chi connectivity index (χ0v) is 21.1. The molecular formula is C26H25ClN3O5S-. The highest BCUT2D eigenvalue weighted by molar-refractivity contribution is 7.76. The molecule has 0 spiro atoms. The highest BCUT2D eigenvalue weighted by atomic mass is 35.5. The molecule has 1 aliphatic rings. The third-order valence-electron chi connectivity index (χ3n) is 6.05. The minimum atomic E-state index is -2.54. The fraction of sp³-hybridized carbons (Fsp3) is 0.269. The van der Waals surface area contributed by atoms with Crippen molar-refractivity contribution in [2.45, 2.75) is 19.4 Å². The van der Waals surface area contributed by atoms with Crippen molar-refractivity contribution in [2.75, 3.05) is 31.1 Å². The lowest BCUT2D eigenvalue weighted by molar-refractivity contribution is -0.139. The Balaban J connectivity index is 1.39. The van der Waals surface area contributed by atoms with E-state index in [2.05, 4.69) is 16.7 Å².